The van der Waals surface area contributed by atoms with Crippen molar-refractivity contribution >= 4 is 26.6 Å². The zero-order chi connectivity index (χ0) is 25.8. The lowest BCUT2D eigenvalue weighted by Crippen LogP contribution is -2.49. The monoisotopic (exact) mass is 510 g/mol. The van der Waals surface area contributed by atoms with Gasteiger partial charge in [0.05, 0.1) is 24.9 Å². The summed E-state index contributed by atoms with van der Waals surface area (Å²) in [5.41, 5.74) is 5.28. The fraction of sp³-hybridized carbons (Fsp3) is 0.385. The van der Waals surface area contributed by atoms with Crippen molar-refractivity contribution in [2.24, 2.45) is 0 Å². The largest absolute Gasteiger partial charge is 0.379 e. The molecule has 0 unspecified atom stereocenters. The molecule has 0 saturated carbocycles. The number of aryl methyl sites for hydroxylation is 1. The van der Waals surface area contributed by atoms with Crippen LogP contribution in [0.3, 0.4) is 0 Å². The summed E-state index contributed by atoms with van der Waals surface area (Å²) in [6, 6.07) is 14.0. The summed E-state index contributed by atoms with van der Waals surface area (Å²) in [6.45, 7) is 5.86. The van der Waals surface area contributed by atoms with E-state index in [0.29, 0.717) is 0 Å². The van der Waals surface area contributed by atoms with E-state index in [4.69, 9.17) is 9.94 Å². The number of rotatable bonds is 7. The highest BCUT2D eigenvalue weighted by Crippen LogP contribution is 2.24. The first-order valence-electron chi connectivity index (χ1n) is 11.7. The van der Waals surface area contributed by atoms with Crippen LogP contribution in [0.25, 0.3) is 10.9 Å². The molecular weight excluding hydrogens is 480 g/mol. The average Bonchev–Trinajstić information content (AvgIpc) is 3.28. The van der Waals surface area contributed by atoms with Crippen LogP contribution in [-0.2, 0) is 32.5 Å². The van der Waals surface area contributed by atoms with Crippen LogP contribution in [0, 0.1) is 11.8 Å². The van der Waals surface area contributed by atoms with Crippen LogP contribution in [0.15, 0.2) is 48.7 Å². The second-order valence-corrected chi connectivity index (χ2v) is 11.6. The smallest absolute Gasteiger partial charge is 0.264 e. The summed E-state index contributed by atoms with van der Waals surface area (Å²) < 4.78 is 29.7. The molecule has 2 aromatic carbocycles. The number of amides is 1. The molecule has 1 fully saturated rings. The lowest BCUT2D eigenvalue weighted by molar-refractivity contribution is -0.131. The van der Waals surface area contributed by atoms with E-state index in [0.717, 1.165) is 61.1 Å². The maximum absolute atomic E-state index is 12.2. The van der Waals surface area contributed by atoms with Crippen molar-refractivity contribution in [1.82, 2.24) is 20.2 Å². The molecule has 1 aliphatic heterocycles. The number of sulfone groups is 1. The minimum Gasteiger partial charge on any atom is -0.379 e. The number of hydrogen-bond donors (Lipinski definition) is 2. The Kier molecular flexibility index (Phi) is 7.76. The summed E-state index contributed by atoms with van der Waals surface area (Å²) in [7, 11) is -3.77. The van der Waals surface area contributed by atoms with Gasteiger partial charge in [-0.25, -0.2) is 13.9 Å². The number of carbonyl (C=O) groups excluding carboxylic acids is 1. The number of nitrogens with one attached hydrogen (secondary N) is 1. The van der Waals surface area contributed by atoms with Crippen LogP contribution in [0.2, 0.25) is 0 Å². The Morgan fingerprint density at radius 2 is 1.81 bits per heavy atom. The van der Waals surface area contributed by atoms with Crippen LogP contribution in [0.5, 0.6) is 0 Å². The van der Waals surface area contributed by atoms with E-state index in [-0.39, 0.29) is 13.0 Å². The van der Waals surface area contributed by atoms with Crippen molar-refractivity contribution in [1.29, 1.82) is 0 Å². The van der Waals surface area contributed by atoms with Crippen LogP contribution < -0.4 is 5.48 Å². The number of aromatic nitrogens is 2. The van der Waals surface area contributed by atoms with Gasteiger partial charge in [-0.1, -0.05) is 24.0 Å². The van der Waals surface area contributed by atoms with Gasteiger partial charge < -0.3 is 4.74 Å². The SMILES string of the molecule is C[C@](CCn1ncc2cc(C#Cc3ccc(CN4CCOCC4)cc3)ccc21)(C(=O)NO)S(C)(=O)=O. The van der Waals surface area contributed by atoms with E-state index in [9.17, 15) is 13.2 Å². The van der Waals surface area contributed by atoms with Gasteiger partial charge in [-0.2, -0.15) is 5.10 Å². The minimum absolute atomic E-state index is 0.0436. The van der Waals surface area contributed by atoms with E-state index in [1.165, 1.54) is 18.0 Å². The van der Waals surface area contributed by atoms with Crippen molar-refractivity contribution in [3.63, 3.8) is 0 Å². The molecule has 4 rings (SSSR count). The standard InChI is InChI=1S/C26H30N4O5S/c1-26(25(31)28-32,36(2,33)34)11-12-30-24-10-9-21(17-23(24)18-27-30)6-3-20-4-7-22(8-5-20)19-29-13-15-35-16-14-29/h4-5,7-10,17-18,32H,11-16,19H2,1-2H3,(H,28,31)/t26-/m0/s1. The fourth-order valence-corrected chi connectivity index (χ4v) is 4.95. The van der Waals surface area contributed by atoms with Gasteiger partial charge in [-0.15, -0.1) is 0 Å². The van der Waals surface area contributed by atoms with Crippen molar-refractivity contribution in [2.45, 2.75) is 31.2 Å². The van der Waals surface area contributed by atoms with E-state index < -0.39 is 20.5 Å². The third-order valence-electron chi connectivity index (χ3n) is 6.66. The van der Waals surface area contributed by atoms with Gasteiger partial charge in [0.25, 0.3) is 5.91 Å². The molecule has 1 saturated heterocycles. The van der Waals surface area contributed by atoms with Gasteiger partial charge in [-0.05, 0) is 49.2 Å². The molecule has 0 spiro atoms. The summed E-state index contributed by atoms with van der Waals surface area (Å²) in [6.07, 6.45) is 2.62. The molecule has 1 aliphatic rings. The molecule has 10 heteroatoms. The number of morpholine rings is 1. The molecule has 2 heterocycles. The van der Waals surface area contributed by atoms with Crippen molar-refractivity contribution < 1.29 is 23.2 Å². The fourth-order valence-electron chi connectivity index (χ4n) is 4.10. The Labute approximate surface area is 210 Å². The molecule has 0 aliphatic carbocycles. The van der Waals surface area contributed by atoms with Crippen molar-refractivity contribution in [3.05, 3.63) is 65.4 Å². The molecule has 1 aromatic heterocycles. The van der Waals surface area contributed by atoms with Crippen LogP contribution in [0.4, 0.5) is 0 Å². The number of carbonyl (C=O) groups is 1. The number of nitrogens with zero attached hydrogens (tertiary/aromatic N) is 3. The molecule has 190 valence electrons. The predicted molar refractivity (Wildman–Crippen MR) is 136 cm³/mol. The molecule has 2 N–H and O–H groups in total. The maximum Gasteiger partial charge on any atom is 0.264 e. The molecule has 3 aromatic rings. The Bertz CT molecular complexity index is 1400. The van der Waals surface area contributed by atoms with Gasteiger partial charge >= 0.3 is 0 Å². The second-order valence-electron chi connectivity index (χ2n) is 9.17. The number of hydroxylamine groups is 1. The second kappa shape index (κ2) is 10.8. The Balaban J connectivity index is 1.44. The topological polar surface area (TPSA) is 114 Å². The first kappa shape index (κ1) is 25.9. The highest BCUT2D eigenvalue weighted by atomic mass is 32.2. The van der Waals surface area contributed by atoms with Crippen LogP contribution >= 0.6 is 0 Å². The normalized spacial score (nSPS) is 16.2. The van der Waals surface area contributed by atoms with E-state index in [1.807, 2.05) is 30.3 Å². The molecule has 0 radical (unpaired) electrons. The number of hydrogen-bond acceptors (Lipinski definition) is 7. The van der Waals surface area contributed by atoms with Crippen molar-refractivity contribution in [2.75, 3.05) is 32.6 Å². The highest BCUT2D eigenvalue weighted by Gasteiger charge is 2.43. The predicted octanol–water partition coefficient (Wildman–Crippen LogP) is 1.97. The Morgan fingerprint density at radius 3 is 2.47 bits per heavy atom. The number of ether oxygens (including phenoxy) is 1. The zero-order valence-corrected chi connectivity index (χ0v) is 21.2. The molecule has 9 nitrogen and oxygen atoms in total. The molecular formula is C26H30N4O5S. The van der Waals surface area contributed by atoms with Crippen LogP contribution in [0.1, 0.15) is 30.0 Å². The van der Waals surface area contributed by atoms with Gasteiger partial charge in [0, 0.05) is 48.9 Å². The molecule has 1 amide bonds. The Hall–Kier alpha value is -3.23. The summed E-state index contributed by atoms with van der Waals surface area (Å²) in [5, 5.41) is 14.2. The maximum atomic E-state index is 12.2. The number of benzene rings is 2. The third-order valence-corrected chi connectivity index (χ3v) is 8.68. The van der Waals surface area contributed by atoms with Gasteiger partial charge in [-0.3, -0.25) is 19.6 Å². The van der Waals surface area contributed by atoms with Crippen LogP contribution in [-0.4, -0.2) is 71.5 Å². The lowest BCUT2D eigenvalue weighted by Gasteiger charge is -2.26. The number of fused-ring (bicyclic) bond motifs is 1. The quantitative estimate of drug-likeness (QED) is 0.284. The van der Waals surface area contributed by atoms with Gasteiger partial charge in [0.2, 0.25) is 0 Å². The minimum atomic E-state index is -3.77. The van der Waals surface area contributed by atoms with E-state index in [2.05, 4.69) is 34.0 Å². The third kappa shape index (κ3) is 5.77. The molecule has 0 bridgehead atoms. The molecule has 36 heavy (non-hydrogen) atoms. The summed E-state index contributed by atoms with van der Waals surface area (Å²) >= 11 is 0. The summed E-state index contributed by atoms with van der Waals surface area (Å²) in [4.78, 5) is 14.4. The Morgan fingerprint density at radius 1 is 1.14 bits per heavy atom. The first-order valence-corrected chi connectivity index (χ1v) is 13.6. The van der Waals surface area contributed by atoms with Gasteiger partial charge in [0.1, 0.15) is 0 Å². The highest BCUT2D eigenvalue weighted by molar-refractivity contribution is 7.92. The van der Waals surface area contributed by atoms with Crippen molar-refractivity contribution in [3.8, 4) is 11.8 Å². The van der Waals surface area contributed by atoms with E-state index in [1.54, 1.807) is 10.9 Å². The molecule has 1 atom stereocenters. The first-order chi connectivity index (χ1) is 17.2. The summed E-state index contributed by atoms with van der Waals surface area (Å²) in [5.74, 6) is 5.42. The van der Waals surface area contributed by atoms with E-state index >= 15 is 0 Å². The average molecular weight is 511 g/mol. The van der Waals surface area contributed by atoms with Gasteiger partial charge in [0.15, 0.2) is 14.6 Å². The lowest BCUT2D eigenvalue weighted by atomic mass is 10.1. The zero-order valence-electron chi connectivity index (χ0n) is 20.4.